The highest BCUT2D eigenvalue weighted by atomic mass is 35.5. The second kappa shape index (κ2) is 9.18. The zero-order valence-electron chi connectivity index (χ0n) is 18.1. The minimum absolute atomic E-state index is 0.0917. The quantitative estimate of drug-likeness (QED) is 0.626. The summed E-state index contributed by atoms with van der Waals surface area (Å²) >= 11 is 5.64. The Hall–Kier alpha value is -2.10. The average molecular weight is 475 g/mol. The van der Waals surface area contributed by atoms with Gasteiger partial charge in [-0.25, -0.2) is 22.2 Å². The molecule has 2 rings (SSSR count). The lowest BCUT2D eigenvalue weighted by molar-refractivity contribution is -0.157. The highest BCUT2D eigenvalue weighted by Gasteiger charge is 2.37. The number of ether oxygens (including phenoxy) is 1. The van der Waals surface area contributed by atoms with Crippen LogP contribution in [0.2, 0.25) is 5.02 Å². The number of benzene rings is 1. The number of nitrogens with one attached hydrogen (secondary N) is 1. The molecule has 0 saturated heterocycles. The molecule has 31 heavy (non-hydrogen) atoms. The van der Waals surface area contributed by atoms with E-state index in [1.165, 1.54) is 13.0 Å². The number of sulfonamides is 1. The Bertz CT molecular complexity index is 1100. The number of aryl methyl sites for hydroxylation is 1. The molecule has 0 aliphatic rings. The molecule has 0 bridgehead atoms. The van der Waals surface area contributed by atoms with Crippen molar-refractivity contribution in [1.82, 2.24) is 9.71 Å². The van der Waals surface area contributed by atoms with Crippen LogP contribution < -0.4 is 4.72 Å². The van der Waals surface area contributed by atoms with Crippen LogP contribution in [0.25, 0.3) is 0 Å². The summed E-state index contributed by atoms with van der Waals surface area (Å²) in [6.45, 7) is 9.77. The van der Waals surface area contributed by atoms with E-state index in [0.717, 1.165) is 17.8 Å². The molecular formula is C21H25ClF2N2O4S. The van der Waals surface area contributed by atoms with Crippen molar-refractivity contribution in [3.8, 4) is 0 Å². The molecule has 2 atom stereocenters. The Balaban J connectivity index is 2.56. The van der Waals surface area contributed by atoms with Gasteiger partial charge in [0.2, 0.25) is 5.03 Å². The van der Waals surface area contributed by atoms with Gasteiger partial charge in [0.15, 0.2) is 5.82 Å². The number of aromatic nitrogens is 1. The first-order valence-electron chi connectivity index (χ1n) is 9.46. The standard InChI is InChI=1S/C21H25ClF2N2O4S/c1-11-7-8-15(23)17(12(11)2)13(3)18(20(27)30-21(4,5)6)26-31(28,29)19-16(24)9-14(22)10-25-19/h7-10,13,18,26H,1-6H3/t13?,18-/m0/s1. The Morgan fingerprint density at radius 1 is 1.19 bits per heavy atom. The van der Waals surface area contributed by atoms with Crippen LogP contribution in [0, 0.1) is 25.5 Å². The van der Waals surface area contributed by atoms with Crippen molar-refractivity contribution in [3.05, 3.63) is 57.7 Å². The Kier molecular flexibility index (Phi) is 7.45. The van der Waals surface area contributed by atoms with Gasteiger partial charge in [-0.05, 0) is 63.4 Å². The van der Waals surface area contributed by atoms with Crippen molar-refractivity contribution in [1.29, 1.82) is 0 Å². The predicted octanol–water partition coefficient (Wildman–Crippen LogP) is 4.42. The number of carbonyl (C=O) groups is 1. The summed E-state index contributed by atoms with van der Waals surface area (Å²) in [5.41, 5.74) is 0.545. The molecule has 0 radical (unpaired) electrons. The SMILES string of the molecule is Cc1ccc(F)c(C(C)[C@H](NS(=O)(=O)c2ncc(Cl)cc2F)C(=O)OC(C)(C)C)c1C. The molecule has 0 amide bonds. The van der Waals surface area contributed by atoms with Crippen molar-refractivity contribution in [2.24, 2.45) is 0 Å². The molecule has 2 aromatic rings. The normalized spacial score (nSPS) is 14.2. The topological polar surface area (TPSA) is 85.4 Å². The zero-order valence-corrected chi connectivity index (χ0v) is 19.7. The summed E-state index contributed by atoms with van der Waals surface area (Å²) in [6.07, 6.45) is 0.968. The Morgan fingerprint density at radius 3 is 2.35 bits per heavy atom. The minimum atomic E-state index is -4.61. The smallest absolute Gasteiger partial charge is 0.325 e. The van der Waals surface area contributed by atoms with E-state index in [4.69, 9.17) is 16.3 Å². The molecular weight excluding hydrogens is 450 g/mol. The summed E-state index contributed by atoms with van der Waals surface area (Å²) in [5.74, 6) is -3.69. The molecule has 0 spiro atoms. The van der Waals surface area contributed by atoms with Gasteiger partial charge in [-0.2, -0.15) is 4.72 Å². The van der Waals surface area contributed by atoms with Crippen LogP contribution in [0.4, 0.5) is 8.78 Å². The minimum Gasteiger partial charge on any atom is -0.459 e. The van der Waals surface area contributed by atoms with Crippen LogP contribution in [0.15, 0.2) is 29.4 Å². The summed E-state index contributed by atoms with van der Waals surface area (Å²) < 4.78 is 62.2. The summed E-state index contributed by atoms with van der Waals surface area (Å²) in [7, 11) is -4.61. The molecule has 170 valence electrons. The molecule has 0 saturated carbocycles. The maximum atomic E-state index is 14.7. The summed E-state index contributed by atoms with van der Waals surface area (Å²) in [4.78, 5) is 16.5. The summed E-state index contributed by atoms with van der Waals surface area (Å²) in [5, 5.41) is -1.02. The molecule has 0 fully saturated rings. The van der Waals surface area contributed by atoms with E-state index in [0.29, 0.717) is 5.56 Å². The fraction of sp³-hybridized carbons (Fsp3) is 0.429. The van der Waals surface area contributed by atoms with Crippen molar-refractivity contribution < 1.29 is 26.7 Å². The van der Waals surface area contributed by atoms with Crippen LogP contribution in [-0.4, -0.2) is 31.0 Å². The molecule has 6 nitrogen and oxygen atoms in total. The maximum absolute atomic E-state index is 14.7. The Morgan fingerprint density at radius 2 is 1.81 bits per heavy atom. The first-order chi connectivity index (χ1) is 14.1. The molecule has 1 aromatic carbocycles. The van der Waals surface area contributed by atoms with E-state index >= 15 is 0 Å². The van der Waals surface area contributed by atoms with Crippen molar-refractivity contribution in [2.45, 2.75) is 64.1 Å². The van der Waals surface area contributed by atoms with E-state index in [9.17, 15) is 22.0 Å². The number of hydrogen-bond donors (Lipinski definition) is 1. The third-order valence-corrected chi connectivity index (χ3v) is 6.24. The van der Waals surface area contributed by atoms with Crippen LogP contribution in [0.3, 0.4) is 0 Å². The molecule has 10 heteroatoms. The summed E-state index contributed by atoms with van der Waals surface area (Å²) in [6, 6.07) is 2.07. The van der Waals surface area contributed by atoms with Crippen LogP contribution in [0.1, 0.15) is 50.3 Å². The fourth-order valence-electron chi connectivity index (χ4n) is 3.07. The number of nitrogens with zero attached hydrogens (tertiary/aromatic N) is 1. The number of halogens is 3. The van der Waals surface area contributed by atoms with Crippen LogP contribution in [-0.2, 0) is 19.6 Å². The highest BCUT2D eigenvalue weighted by Crippen LogP contribution is 2.30. The number of esters is 1. The fourth-order valence-corrected chi connectivity index (χ4v) is 4.47. The molecule has 1 N–H and O–H groups in total. The van der Waals surface area contributed by atoms with E-state index in [1.807, 2.05) is 0 Å². The molecule has 0 aliphatic heterocycles. The van der Waals surface area contributed by atoms with E-state index < -0.39 is 50.2 Å². The van der Waals surface area contributed by atoms with Crippen LogP contribution in [0.5, 0.6) is 0 Å². The average Bonchev–Trinajstić information content (AvgIpc) is 2.61. The molecule has 1 heterocycles. The second-order valence-corrected chi connectivity index (χ2v) is 10.3. The number of carbonyl (C=O) groups excluding carboxylic acids is 1. The van der Waals surface area contributed by atoms with Crippen molar-refractivity contribution >= 4 is 27.6 Å². The monoisotopic (exact) mass is 474 g/mol. The molecule has 0 aliphatic carbocycles. The van der Waals surface area contributed by atoms with E-state index in [2.05, 4.69) is 9.71 Å². The van der Waals surface area contributed by atoms with Crippen molar-refractivity contribution in [2.75, 3.05) is 0 Å². The van der Waals surface area contributed by atoms with Gasteiger partial charge in [0, 0.05) is 12.1 Å². The third kappa shape index (κ3) is 5.99. The van der Waals surface area contributed by atoms with Gasteiger partial charge in [0.1, 0.15) is 17.5 Å². The van der Waals surface area contributed by atoms with E-state index in [-0.39, 0.29) is 10.6 Å². The lowest BCUT2D eigenvalue weighted by atomic mass is 9.88. The van der Waals surface area contributed by atoms with Gasteiger partial charge in [-0.1, -0.05) is 24.6 Å². The van der Waals surface area contributed by atoms with Crippen molar-refractivity contribution in [3.63, 3.8) is 0 Å². The molecule has 1 aromatic heterocycles. The van der Waals surface area contributed by atoms with Gasteiger partial charge in [-0.15, -0.1) is 0 Å². The highest BCUT2D eigenvalue weighted by molar-refractivity contribution is 7.89. The third-order valence-electron chi connectivity index (χ3n) is 4.66. The maximum Gasteiger partial charge on any atom is 0.325 e. The zero-order chi connectivity index (χ0) is 23.7. The van der Waals surface area contributed by atoms with Gasteiger partial charge in [0.25, 0.3) is 10.0 Å². The predicted molar refractivity (Wildman–Crippen MR) is 113 cm³/mol. The van der Waals surface area contributed by atoms with E-state index in [1.54, 1.807) is 40.7 Å². The first-order valence-corrected chi connectivity index (χ1v) is 11.3. The second-order valence-electron chi connectivity index (χ2n) is 8.26. The lowest BCUT2D eigenvalue weighted by Crippen LogP contribution is -2.47. The number of hydrogen-bond acceptors (Lipinski definition) is 5. The Labute approximate surface area is 186 Å². The van der Waals surface area contributed by atoms with Gasteiger partial charge < -0.3 is 4.74 Å². The number of rotatable bonds is 6. The number of pyridine rings is 1. The van der Waals surface area contributed by atoms with Gasteiger partial charge >= 0.3 is 5.97 Å². The largest absolute Gasteiger partial charge is 0.459 e. The first kappa shape index (κ1) is 25.2. The van der Waals surface area contributed by atoms with Gasteiger partial charge in [-0.3, -0.25) is 4.79 Å². The lowest BCUT2D eigenvalue weighted by Gasteiger charge is -2.29. The van der Waals surface area contributed by atoms with Gasteiger partial charge in [0.05, 0.1) is 5.02 Å². The molecule has 1 unspecified atom stereocenters. The van der Waals surface area contributed by atoms with Crippen LogP contribution >= 0.6 is 11.6 Å².